The minimum Gasteiger partial charge on any atom is -0.312 e. The second-order valence-electron chi connectivity index (χ2n) is 4.45. The maximum absolute atomic E-state index is 11.9. The van der Waals surface area contributed by atoms with E-state index in [-0.39, 0.29) is 5.75 Å². The lowest BCUT2D eigenvalue weighted by Gasteiger charge is -2.00. The molecule has 1 aliphatic carbocycles. The topological polar surface area (TPSA) is 83.9 Å². The van der Waals surface area contributed by atoms with Crippen molar-refractivity contribution in [3.8, 4) is 6.07 Å². The molecule has 0 spiro atoms. The van der Waals surface area contributed by atoms with Crippen LogP contribution in [-0.2, 0) is 9.84 Å². The van der Waals surface area contributed by atoms with Crippen LogP contribution in [0.4, 0.5) is 0 Å². The lowest BCUT2D eigenvalue weighted by Crippen LogP contribution is -2.29. The third-order valence-electron chi connectivity index (χ3n) is 3.37. The summed E-state index contributed by atoms with van der Waals surface area (Å²) in [5, 5.41) is 8.80. The molecule has 0 radical (unpaired) electrons. The molecule has 0 saturated heterocycles. The van der Waals surface area contributed by atoms with Crippen LogP contribution in [-0.4, -0.2) is 25.0 Å². The van der Waals surface area contributed by atoms with Crippen molar-refractivity contribution < 1.29 is 8.42 Å². The number of benzene rings is 1. The molecule has 18 heavy (non-hydrogen) atoms. The van der Waals surface area contributed by atoms with Gasteiger partial charge in [0, 0.05) is 16.7 Å². The minimum absolute atomic E-state index is 0.0185. The van der Waals surface area contributed by atoms with Crippen LogP contribution in [0, 0.1) is 11.3 Å². The van der Waals surface area contributed by atoms with Gasteiger partial charge in [0.2, 0.25) is 0 Å². The molecular weight excluding hydrogens is 272 g/mol. The summed E-state index contributed by atoms with van der Waals surface area (Å²) in [5.41, 5.74) is 5.26. The van der Waals surface area contributed by atoms with Crippen molar-refractivity contribution in [3.63, 3.8) is 0 Å². The average molecular weight is 285 g/mol. The second kappa shape index (κ2) is 4.23. The van der Waals surface area contributed by atoms with Crippen molar-refractivity contribution in [1.82, 2.24) is 0 Å². The Morgan fingerprint density at radius 1 is 1.56 bits per heavy atom. The standard InChI is InChI=1S/C12H13ClN2O2S/c1-2-18(16,17)11-10(12(11,15)7-14)8-4-3-5-9(13)6-8/h3-6,10-11H,2,15H2,1H3. The highest BCUT2D eigenvalue weighted by molar-refractivity contribution is 7.92. The fourth-order valence-electron chi connectivity index (χ4n) is 2.34. The van der Waals surface area contributed by atoms with Gasteiger partial charge in [0.05, 0.1) is 6.07 Å². The second-order valence-corrected chi connectivity index (χ2v) is 7.30. The third-order valence-corrected chi connectivity index (χ3v) is 5.85. The van der Waals surface area contributed by atoms with Crippen molar-refractivity contribution in [2.45, 2.75) is 23.6 Å². The molecule has 2 rings (SSSR count). The molecule has 0 aromatic heterocycles. The normalized spacial score (nSPS) is 30.8. The molecular formula is C12H13ClN2O2S. The van der Waals surface area contributed by atoms with Crippen LogP contribution >= 0.6 is 11.6 Å². The Bertz CT molecular complexity index is 623. The Labute approximate surface area is 111 Å². The molecule has 0 bridgehead atoms. The van der Waals surface area contributed by atoms with Gasteiger partial charge in [0.1, 0.15) is 10.8 Å². The van der Waals surface area contributed by atoms with Gasteiger partial charge in [-0.2, -0.15) is 5.26 Å². The summed E-state index contributed by atoms with van der Waals surface area (Å²) in [5.74, 6) is -0.513. The number of nitrogens with two attached hydrogens (primary N) is 1. The van der Waals surface area contributed by atoms with Crippen LogP contribution in [0.5, 0.6) is 0 Å². The highest BCUT2D eigenvalue weighted by atomic mass is 35.5. The fourth-order valence-corrected chi connectivity index (χ4v) is 4.41. The molecule has 1 aromatic rings. The van der Waals surface area contributed by atoms with E-state index >= 15 is 0 Å². The van der Waals surface area contributed by atoms with Crippen LogP contribution in [0.1, 0.15) is 18.4 Å². The first-order valence-electron chi connectivity index (χ1n) is 5.54. The highest BCUT2D eigenvalue weighted by Gasteiger charge is 2.69. The number of sulfone groups is 1. The SMILES string of the molecule is CCS(=O)(=O)C1C(c2cccc(Cl)c2)C1(N)C#N. The number of rotatable bonds is 3. The van der Waals surface area contributed by atoms with E-state index in [9.17, 15) is 8.42 Å². The van der Waals surface area contributed by atoms with Gasteiger partial charge < -0.3 is 5.73 Å². The van der Waals surface area contributed by atoms with Crippen molar-refractivity contribution in [1.29, 1.82) is 5.26 Å². The maximum atomic E-state index is 11.9. The first kappa shape index (κ1) is 13.3. The van der Waals surface area contributed by atoms with Crippen molar-refractivity contribution in [3.05, 3.63) is 34.9 Å². The van der Waals surface area contributed by atoms with E-state index in [1.54, 1.807) is 31.2 Å². The van der Waals surface area contributed by atoms with Crippen molar-refractivity contribution >= 4 is 21.4 Å². The summed E-state index contributed by atoms with van der Waals surface area (Å²) in [7, 11) is -3.35. The third kappa shape index (κ3) is 1.91. The first-order chi connectivity index (χ1) is 8.36. The monoisotopic (exact) mass is 284 g/mol. The maximum Gasteiger partial charge on any atom is 0.156 e. The van der Waals surface area contributed by atoms with Gasteiger partial charge in [-0.05, 0) is 17.7 Å². The lowest BCUT2D eigenvalue weighted by atomic mass is 10.1. The van der Waals surface area contributed by atoms with Crippen LogP contribution in [0.3, 0.4) is 0 Å². The number of hydrogen-bond donors (Lipinski definition) is 1. The summed E-state index contributed by atoms with van der Waals surface area (Å²) in [6.45, 7) is 1.56. The van der Waals surface area contributed by atoms with Gasteiger partial charge >= 0.3 is 0 Å². The number of halogens is 1. The van der Waals surface area contributed by atoms with Gasteiger partial charge in [0.25, 0.3) is 0 Å². The molecule has 2 N–H and O–H groups in total. The van der Waals surface area contributed by atoms with E-state index in [0.29, 0.717) is 10.6 Å². The Morgan fingerprint density at radius 2 is 2.22 bits per heavy atom. The Kier molecular flexibility index (Phi) is 3.14. The first-order valence-corrected chi connectivity index (χ1v) is 7.63. The quantitative estimate of drug-likeness (QED) is 0.911. The smallest absolute Gasteiger partial charge is 0.156 e. The summed E-state index contributed by atoms with van der Waals surface area (Å²) in [6, 6.07) is 8.76. The Morgan fingerprint density at radius 3 is 2.72 bits per heavy atom. The Hall–Kier alpha value is -1.09. The van der Waals surface area contributed by atoms with E-state index < -0.39 is 26.5 Å². The number of nitrogens with zero attached hydrogens (tertiary/aromatic N) is 1. The molecule has 3 atom stereocenters. The van der Waals surface area contributed by atoms with E-state index in [4.69, 9.17) is 22.6 Å². The van der Waals surface area contributed by atoms with Gasteiger partial charge in [-0.3, -0.25) is 0 Å². The van der Waals surface area contributed by atoms with E-state index in [2.05, 4.69) is 0 Å². The summed E-state index contributed by atoms with van der Waals surface area (Å²) >= 11 is 5.88. The molecule has 0 amide bonds. The zero-order valence-corrected chi connectivity index (χ0v) is 11.4. The molecule has 0 aliphatic heterocycles. The van der Waals surface area contributed by atoms with Crippen LogP contribution in [0.15, 0.2) is 24.3 Å². The predicted octanol–water partition coefficient (Wildman–Crippen LogP) is 1.46. The van der Waals surface area contributed by atoms with Crippen molar-refractivity contribution in [2.24, 2.45) is 5.73 Å². The summed E-state index contributed by atoms with van der Waals surface area (Å²) in [6.07, 6.45) is 0. The van der Waals surface area contributed by atoms with Crippen LogP contribution in [0.25, 0.3) is 0 Å². The van der Waals surface area contributed by atoms with Crippen molar-refractivity contribution in [2.75, 3.05) is 5.75 Å². The van der Waals surface area contributed by atoms with E-state index in [1.165, 1.54) is 0 Å². The van der Waals surface area contributed by atoms with Gasteiger partial charge in [-0.1, -0.05) is 30.7 Å². The fraction of sp³-hybridized carbons (Fsp3) is 0.417. The molecule has 1 aromatic carbocycles. The highest BCUT2D eigenvalue weighted by Crippen LogP contribution is 2.54. The molecule has 4 nitrogen and oxygen atoms in total. The van der Waals surface area contributed by atoms with Gasteiger partial charge in [-0.15, -0.1) is 0 Å². The zero-order valence-electron chi connectivity index (χ0n) is 9.80. The molecule has 3 unspecified atom stereocenters. The van der Waals surface area contributed by atoms with Gasteiger partial charge in [-0.25, -0.2) is 8.42 Å². The summed E-state index contributed by atoms with van der Waals surface area (Å²) in [4.78, 5) is 0. The largest absolute Gasteiger partial charge is 0.312 e. The average Bonchev–Trinajstić information content (AvgIpc) is 2.98. The molecule has 1 fully saturated rings. The molecule has 0 heterocycles. The summed E-state index contributed by atoms with van der Waals surface area (Å²) < 4.78 is 23.9. The van der Waals surface area contributed by atoms with Gasteiger partial charge in [0.15, 0.2) is 9.84 Å². The molecule has 1 saturated carbocycles. The number of hydrogen-bond acceptors (Lipinski definition) is 4. The van der Waals surface area contributed by atoms with Crippen LogP contribution < -0.4 is 5.73 Å². The van der Waals surface area contributed by atoms with E-state index in [0.717, 1.165) is 0 Å². The lowest BCUT2D eigenvalue weighted by molar-refractivity contribution is 0.593. The predicted molar refractivity (Wildman–Crippen MR) is 70.0 cm³/mol. The minimum atomic E-state index is -3.35. The Balaban J connectivity index is 2.45. The van der Waals surface area contributed by atoms with Crippen LogP contribution in [0.2, 0.25) is 5.02 Å². The molecule has 6 heteroatoms. The molecule has 1 aliphatic rings. The van der Waals surface area contributed by atoms with E-state index in [1.807, 2.05) is 6.07 Å². The zero-order chi connectivity index (χ0) is 13.6. The number of nitriles is 1. The molecule has 96 valence electrons.